The molecule has 1 aromatic rings. The lowest BCUT2D eigenvalue weighted by molar-refractivity contribution is -0.127. The number of methoxy groups -OCH3 is 2. The molecule has 0 bridgehead atoms. The van der Waals surface area contributed by atoms with Gasteiger partial charge in [0.15, 0.2) is 6.29 Å². The number of aryl methyl sites for hydroxylation is 1. The van der Waals surface area contributed by atoms with E-state index < -0.39 is 0 Å². The van der Waals surface area contributed by atoms with Gasteiger partial charge in [-0.3, -0.25) is 9.58 Å². The standard InChI is InChI=1S/C13H26N4O2/c1-13(10-14,6-12(18-4)19-5)16(2)8-11-7-15-17(3)9-11/h7,9,12H,6,8,10,14H2,1-5H3. The highest BCUT2D eigenvalue weighted by molar-refractivity contribution is 5.04. The molecule has 0 aliphatic carbocycles. The molecule has 1 aromatic heterocycles. The predicted molar refractivity (Wildman–Crippen MR) is 74.6 cm³/mol. The molecule has 1 unspecified atom stereocenters. The van der Waals surface area contributed by atoms with Crippen LogP contribution in [0.25, 0.3) is 0 Å². The Kier molecular flexibility index (Phi) is 5.93. The lowest BCUT2D eigenvalue weighted by Gasteiger charge is -2.39. The second-order valence-corrected chi connectivity index (χ2v) is 5.18. The molecule has 1 atom stereocenters. The van der Waals surface area contributed by atoms with Gasteiger partial charge in [0.1, 0.15) is 0 Å². The van der Waals surface area contributed by atoms with E-state index in [1.807, 2.05) is 19.4 Å². The van der Waals surface area contributed by atoms with E-state index in [0.717, 1.165) is 12.1 Å². The number of hydrogen-bond acceptors (Lipinski definition) is 5. The van der Waals surface area contributed by atoms with E-state index in [0.29, 0.717) is 13.0 Å². The molecular weight excluding hydrogens is 244 g/mol. The first-order valence-corrected chi connectivity index (χ1v) is 6.39. The largest absolute Gasteiger partial charge is 0.356 e. The third kappa shape index (κ3) is 4.28. The van der Waals surface area contributed by atoms with Crippen LogP contribution < -0.4 is 5.73 Å². The molecule has 0 aliphatic rings. The zero-order chi connectivity index (χ0) is 14.5. The van der Waals surface area contributed by atoms with Crippen molar-refractivity contribution in [2.75, 3.05) is 27.8 Å². The van der Waals surface area contributed by atoms with E-state index in [2.05, 4.69) is 24.0 Å². The molecule has 1 heterocycles. The lowest BCUT2D eigenvalue weighted by atomic mass is 9.95. The maximum atomic E-state index is 5.95. The maximum Gasteiger partial charge on any atom is 0.158 e. The first kappa shape index (κ1) is 16.1. The number of nitrogens with zero attached hydrogens (tertiary/aromatic N) is 3. The van der Waals surface area contributed by atoms with Gasteiger partial charge in [-0.2, -0.15) is 5.10 Å². The van der Waals surface area contributed by atoms with Crippen LogP contribution in [0.4, 0.5) is 0 Å². The van der Waals surface area contributed by atoms with Gasteiger partial charge in [0.25, 0.3) is 0 Å². The van der Waals surface area contributed by atoms with Gasteiger partial charge in [-0.1, -0.05) is 0 Å². The van der Waals surface area contributed by atoms with Gasteiger partial charge in [0.05, 0.1) is 6.20 Å². The molecule has 0 radical (unpaired) electrons. The molecule has 0 aromatic carbocycles. The molecule has 6 nitrogen and oxygen atoms in total. The zero-order valence-corrected chi connectivity index (χ0v) is 12.6. The van der Waals surface area contributed by atoms with Gasteiger partial charge in [0, 0.05) is 58.1 Å². The summed E-state index contributed by atoms with van der Waals surface area (Å²) in [5.41, 5.74) is 6.93. The van der Waals surface area contributed by atoms with Crippen LogP contribution in [-0.2, 0) is 23.1 Å². The molecule has 0 aliphatic heterocycles. The minimum atomic E-state index is -0.245. The Morgan fingerprint density at radius 1 is 1.47 bits per heavy atom. The Labute approximate surface area is 115 Å². The van der Waals surface area contributed by atoms with Gasteiger partial charge in [-0.15, -0.1) is 0 Å². The summed E-state index contributed by atoms with van der Waals surface area (Å²) in [5.74, 6) is 0. The normalized spacial score (nSPS) is 15.2. The summed E-state index contributed by atoms with van der Waals surface area (Å²) < 4.78 is 12.4. The zero-order valence-electron chi connectivity index (χ0n) is 12.6. The summed E-state index contributed by atoms with van der Waals surface area (Å²) in [5, 5.41) is 4.18. The molecule has 19 heavy (non-hydrogen) atoms. The molecule has 6 heteroatoms. The van der Waals surface area contributed by atoms with Crippen LogP contribution in [0.15, 0.2) is 12.4 Å². The van der Waals surface area contributed by atoms with Crippen molar-refractivity contribution in [3.8, 4) is 0 Å². The average molecular weight is 270 g/mol. The highest BCUT2D eigenvalue weighted by Crippen LogP contribution is 2.22. The minimum absolute atomic E-state index is 0.188. The fourth-order valence-electron chi connectivity index (χ4n) is 2.04. The summed E-state index contributed by atoms with van der Waals surface area (Å²) in [6.07, 6.45) is 4.35. The summed E-state index contributed by atoms with van der Waals surface area (Å²) in [6.45, 7) is 3.45. The number of ether oxygens (including phenoxy) is 2. The van der Waals surface area contributed by atoms with E-state index in [4.69, 9.17) is 15.2 Å². The van der Waals surface area contributed by atoms with E-state index in [1.54, 1.807) is 18.9 Å². The Balaban J connectivity index is 2.70. The minimum Gasteiger partial charge on any atom is -0.356 e. The number of hydrogen-bond donors (Lipinski definition) is 1. The average Bonchev–Trinajstić information content (AvgIpc) is 2.81. The first-order valence-electron chi connectivity index (χ1n) is 6.39. The van der Waals surface area contributed by atoms with Gasteiger partial charge < -0.3 is 15.2 Å². The van der Waals surface area contributed by atoms with Crippen LogP contribution in [-0.4, -0.2) is 54.3 Å². The number of aromatic nitrogens is 2. The SMILES string of the molecule is COC(CC(C)(CN)N(C)Cc1cnn(C)c1)OC. The number of likely N-dealkylation sites (N-methyl/N-ethyl adjacent to an activating group) is 1. The van der Waals surface area contributed by atoms with Crippen LogP contribution in [0, 0.1) is 0 Å². The Bertz CT molecular complexity index is 378. The lowest BCUT2D eigenvalue weighted by Crippen LogP contribution is -2.51. The molecule has 0 amide bonds. The number of rotatable bonds is 8. The van der Waals surface area contributed by atoms with E-state index >= 15 is 0 Å². The molecule has 0 saturated heterocycles. The van der Waals surface area contributed by atoms with Gasteiger partial charge >= 0.3 is 0 Å². The molecule has 0 saturated carbocycles. The second kappa shape index (κ2) is 7.00. The quantitative estimate of drug-likeness (QED) is 0.700. The third-order valence-corrected chi connectivity index (χ3v) is 3.67. The van der Waals surface area contributed by atoms with Crippen LogP contribution in [0.1, 0.15) is 18.9 Å². The van der Waals surface area contributed by atoms with Crippen molar-refractivity contribution in [3.63, 3.8) is 0 Å². The fraction of sp³-hybridized carbons (Fsp3) is 0.769. The topological polar surface area (TPSA) is 65.5 Å². The van der Waals surface area contributed by atoms with Crippen molar-refractivity contribution < 1.29 is 9.47 Å². The van der Waals surface area contributed by atoms with Crippen molar-refractivity contribution in [3.05, 3.63) is 18.0 Å². The highest BCUT2D eigenvalue weighted by Gasteiger charge is 2.31. The summed E-state index contributed by atoms with van der Waals surface area (Å²) in [7, 11) is 7.26. The summed E-state index contributed by atoms with van der Waals surface area (Å²) >= 11 is 0. The van der Waals surface area contributed by atoms with Crippen LogP contribution in [0.5, 0.6) is 0 Å². The molecular formula is C13H26N4O2. The predicted octanol–water partition coefficient (Wildman–Crippen LogP) is 0.578. The molecule has 0 spiro atoms. The Morgan fingerprint density at radius 3 is 2.53 bits per heavy atom. The summed E-state index contributed by atoms with van der Waals surface area (Å²) in [6, 6.07) is 0. The molecule has 2 N–H and O–H groups in total. The van der Waals surface area contributed by atoms with Crippen LogP contribution >= 0.6 is 0 Å². The van der Waals surface area contributed by atoms with Crippen LogP contribution in [0.3, 0.4) is 0 Å². The smallest absolute Gasteiger partial charge is 0.158 e. The molecule has 110 valence electrons. The van der Waals surface area contributed by atoms with E-state index in [9.17, 15) is 0 Å². The molecule has 0 fully saturated rings. The fourth-order valence-corrected chi connectivity index (χ4v) is 2.04. The second-order valence-electron chi connectivity index (χ2n) is 5.18. The van der Waals surface area contributed by atoms with Gasteiger partial charge in [-0.25, -0.2) is 0 Å². The maximum absolute atomic E-state index is 5.95. The van der Waals surface area contributed by atoms with Gasteiger partial charge in [0.2, 0.25) is 0 Å². The Hall–Kier alpha value is -0.950. The monoisotopic (exact) mass is 270 g/mol. The van der Waals surface area contributed by atoms with E-state index in [-0.39, 0.29) is 11.8 Å². The Morgan fingerprint density at radius 2 is 2.11 bits per heavy atom. The van der Waals surface area contributed by atoms with Crippen LogP contribution in [0.2, 0.25) is 0 Å². The first-order chi connectivity index (χ1) is 8.95. The van der Waals surface area contributed by atoms with Crippen molar-refractivity contribution >= 4 is 0 Å². The van der Waals surface area contributed by atoms with Crippen molar-refractivity contribution in [1.29, 1.82) is 0 Å². The van der Waals surface area contributed by atoms with Gasteiger partial charge in [-0.05, 0) is 14.0 Å². The van der Waals surface area contributed by atoms with E-state index in [1.165, 1.54) is 0 Å². The third-order valence-electron chi connectivity index (χ3n) is 3.67. The summed E-state index contributed by atoms with van der Waals surface area (Å²) in [4.78, 5) is 2.22. The van der Waals surface area contributed by atoms with Crippen molar-refractivity contribution in [2.24, 2.45) is 12.8 Å². The highest BCUT2D eigenvalue weighted by atomic mass is 16.7. The molecule has 1 rings (SSSR count). The number of nitrogens with two attached hydrogens (primary N) is 1. The van der Waals surface area contributed by atoms with Crippen molar-refractivity contribution in [1.82, 2.24) is 14.7 Å². The van der Waals surface area contributed by atoms with Crippen molar-refractivity contribution in [2.45, 2.75) is 31.7 Å².